The summed E-state index contributed by atoms with van der Waals surface area (Å²) in [5, 5.41) is 3.36. The summed E-state index contributed by atoms with van der Waals surface area (Å²) in [5.41, 5.74) is 2.16. The second kappa shape index (κ2) is 7.63. The molecule has 1 aromatic carbocycles. The van der Waals surface area contributed by atoms with Gasteiger partial charge in [0.25, 0.3) is 5.91 Å². The van der Waals surface area contributed by atoms with Gasteiger partial charge in [0.05, 0.1) is 34.5 Å². The van der Waals surface area contributed by atoms with Gasteiger partial charge in [-0.25, -0.2) is 14.2 Å². The number of anilines is 1. The predicted molar refractivity (Wildman–Crippen MR) is 117 cm³/mol. The van der Waals surface area contributed by atoms with E-state index in [0.717, 1.165) is 23.4 Å². The minimum absolute atomic E-state index is 0.133. The molecule has 1 fully saturated rings. The number of fused-ring (bicyclic) bond motifs is 3. The van der Waals surface area contributed by atoms with Crippen LogP contribution in [0.2, 0.25) is 0 Å². The van der Waals surface area contributed by atoms with E-state index in [2.05, 4.69) is 20.3 Å². The Morgan fingerprint density at radius 2 is 2.12 bits per heavy atom. The first kappa shape index (κ1) is 20.0. The van der Waals surface area contributed by atoms with Crippen molar-refractivity contribution in [3.63, 3.8) is 0 Å². The first-order valence-corrected chi connectivity index (χ1v) is 10.3. The zero-order chi connectivity index (χ0) is 22.4. The van der Waals surface area contributed by atoms with Crippen LogP contribution in [0.1, 0.15) is 36.2 Å². The van der Waals surface area contributed by atoms with Crippen LogP contribution in [0.3, 0.4) is 0 Å². The minimum atomic E-state index is -0.545. The first-order valence-electron chi connectivity index (χ1n) is 10.3. The Hall–Kier alpha value is -3.95. The lowest BCUT2D eigenvalue weighted by Gasteiger charge is -2.33. The fourth-order valence-electron chi connectivity index (χ4n) is 4.49. The van der Waals surface area contributed by atoms with Gasteiger partial charge in [-0.1, -0.05) is 0 Å². The lowest BCUT2D eigenvalue weighted by Crippen LogP contribution is -2.42. The molecule has 4 aromatic rings. The van der Waals surface area contributed by atoms with Crippen molar-refractivity contribution in [3.8, 4) is 0 Å². The Kier molecular flexibility index (Phi) is 4.76. The van der Waals surface area contributed by atoms with Gasteiger partial charge in [-0.05, 0) is 37.1 Å². The Balaban J connectivity index is 1.51. The number of carbonyl (C=O) groups excluding carboxylic acids is 2. The van der Waals surface area contributed by atoms with E-state index in [4.69, 9.17) is 0 Å². The lowest BCUT2D eigenvalue weighted by atomic mass is 10.0. The van der Waals surface area contributed by atoms with Crippen LogP contribution < -0.4 is 11.0 Å². The molecular formula is C22H21FN6O3. The number of H-pyrrole nitrogens is 2. The monoisotopic (exact) mass is 436 g/mol. The predicted octanol–water partition coefficient (Wildman–Crippen LogP) is 2.78. The molecule has 164 valence electrons. The summed E-state index contributed by atoms with van der Waals surface area (Å²) in [6.07, 6.45) is 4.82. The summed E-state index contributed by atoms with van der Waals surface area (Å²) in [6.45, 7) is 2.12. The van der Waals surface area contributed by atoms with Gasteiger partial charge in [-0.2, -0.15) is 0 Å². The molecule has 4 heterocycles. The molecule has 0 spiro atoms. The SMILES string of the molecule is CC(=O)Nc1cc(F)ccc1C(=O)N1CCC[C@@H](n2c(=O)[nH]c3cnc4[nH]ccc4c32)C1. The number of rotatable bonds is 3. The highest BCUT2D eigenvalue weighted by atomic mass is 19.1. The number of aromatic nitrogens is 4. The number of halogens is 1. The molecule has 0 bridgehead atoms. The Morgan fingerprint density at radius 1 is 1.28 bits per heavy atom. The van der Waals surface area contributed by atoms with E-state index < -0.39 is 11.7 Å². The van der Waals surface area contributed by atoms with E-state index in [0.29, 0.717) is 30.7 Å². The number of imidazole rings is 1. The smallest absolute Gasteiger partial charge is 0.326 e. The number of pyridine rings is 1. The van der Waals surface area contributed by atoms with Crippen LogP contribution in [0, 0.1) is 5.82 Å². The van der Waals surface area contributed by atoms with Crippen LogP contribution in [0.15, 0.2) is 41.5 Å². The topological polar surface area (TPSA) is 116 Å². The average Bonchev–Trinajstić information content (AvgIpc) is 3.36. The first-order chi connectivity index (χ1) is 15.4. The highest BCUT2D eigenvalue weighted by Gasteiger charge is 2.29. The Bertz CT molecular complexity index is 1420. The normalized spacial score (nSPS) is 16.6. The van der Waals surface area contributed by atoms with Gasteiger partial charge in [-0.3, -0.25) is 14.2 Å². The second-order valence-corrected chi connectivity index (χ2v) is 7.98. The molecule has 1 atom stereocenters. The largest absolute Gasteiger partial charge is 0.346 e. The van der Waals surface area contributed by atoms with Crippen LogP contribution >= 0.6 is 0 Å². The number of carbonyl (C=O) groups is 2. The van der Waals surface area contributed by atoms with Crippen molar-refractivity contribution in [2.75, 3.05) is 18.4 Å². The van der Waals surface area contributed by atoms with E-state index in [1.54, 1.807) is 21.9 Å². The number of benzene rings is 1. The third kappa shape index (κ3) is 3.33. The van der Waals surface area contributed by atoms with Crippen molar-refractivity contribution >= 4 is 39.6 Å². The summed E-state index contributed by atoms with van der Waals surface area (Å²) >= 11 is 0. The fourth-order valence-corrected chi connectivity index (χ4v) is 4.49. The number of nitrogens with one attached hydrogen (secondary N) is 3. The number of amides is 2. The van der Waals surface area contributed by atoms with Gasteiger partial charge in [0.1, 0.15) is 11.5 Å². The van der Waals surface area contributed by atoms with Gasteiger partial charge in [-0.15, -0.1) is 0 Å². The number of hydrogen-bond donors (Lipinski definition) is 3. The molecule has 3 N–H and O–H groups in total. The third-order valence-corrected chi connectivity index (χ3v) is 5.83. The average molecular weight is 436 g/mol. The van der Waals surface area contributed by atoms with Crippen LogP contribution in [0.25, 0.3) is 22.1 Å². The lowest BCUT2D eigenvalue weighted by molar-refractivity contribution is -0.114. The summed E-state index contributed by atoms with van der Waals surface area (Å²) in [4.78, 5) is 49.5. The molecule has 1 aliphatic rings. The standard InChI is InChI=1S/C22H21FN6O3/c1-12(30)26-17-9-13(23)4-5-15(17)21(31)28-8-2-3-14(11-28)29-19-16-6-7-24-20(16)25-10-18(19)27-22(29)32/h4-7,9-10,14H,2-3,8,11H2,1H3,(H,24,25)(H,26,30)(H,27,32)/t14-/m1/s1. The van der Waals surface area contributed by atoms with Gasteiger partial charge < -0.3 is 20.2 Å². The molecule has 0 unspecified atom stereocenters. The molecule has 0 radical (unpaired) electrons. The van der Waals surface area contributed by atoms with Crippen molar-refractivity contribution in [1.29, 1.82) is 0 Å². The maximum absolute atomic E-state index is 13.7. The van der Waals surface area contributed by atoms with Crippen LogP contribution in [0.4, 0.5) is 10.1 Å². The highest BCUT2D eigenvalue weighted by Crippen LogP contribution is 2.29. The summed E-state index contributed by atoms with van der Waals surface area (Å²) in [7, 11) is 0. The molecule has 3 aromatic heterocycles. The van der Waals surface area contributed by atoms with Crippen molar-refractivity contribution in [2.45, 2.75) is 25.8 Å². The van der Waals surface area contributed by atoms with Crippen molar-refractivity contribution in [2.24, 2.45) is 0 Å². The molecule has 32 heavy (non-hydrogen) atoms. The molecule has 1 aliphatic heterocycles. The second-order valence-electron chi connectivity index (χ2n) is 7.98. The van der Waals surface area contributed by atoms with E-state index in [1.807, 2.05) is 6.07 Å². The fraction of sp³-hybridized carbons (Fsp3) is 0.273. The summed E-state index contributed by atoms with van der Waals surface area (Å²) < 4.78 is 15.4. The van der Waals surface area contributed by atoms with Gasteiger partial charge in [0, 0.05) is 31.6 Å². The quantitative estimate of drug-likeness (QED) is 0.458. The Morgan fingerprint density at radius 3 is 2.94 bits per heavy atom. The highest BCUT2D eigenvalue weighted by molar-refractivity contribution is 6.03. The number of hydrogen-bond acceptors (Lipinski definition) is 4. The van der Waals surface area contributed by atoms with E-state index >= 15 is 0 Å². The van der Waals surface area contributed by atoms with Crippen LogP contribution in [-0.4, -0.2) is 49.3 Å². The van der Waals surface area contributed by atoms with E-state index in [-0.39, 0.29) is 28.9 Å². The van der Waals surface area contributed by atoms with Gasteiger partial charge >= 0.3 is 5.69 Å². The molecule has 0 aliphatic carbocycles. The maximum Gasteiger partial charge on any atom is 0.326 e. The van der Waals surface area contributed by atoms with Crippen LogP contribution in [-0.2, 0) is 4.79 Å². The molecule has 2 amide bonds. The molecule has 0 saturated carbocycles. The van der Waals surface area contributed by atoms with Gasteiger partial charge in [0.2, 0.25) is 5.91 Å². The van der Waals surface area contributed by atoms with Crippen molar-refractivity contribution < 1.29 is 14.0 Å². The number of nitrogens with zero attached hydrogens (tertiary/aromatic N) is 3. The zero-order valence-corrected chi connectivity index (χ0v) is 17.3. The molecule has 1 saturated heterocycles. The number of piperidine rings is 1. The number of likely N-dealkylation sites (tertiary alicyclic amines) is 1. The molecule has 5 rings (SSSR count). The zero-order valence-electron chi connectivity index (χ0n) is 17.3. The summed E-state index contributed by atoms with van der Waals surface area (Å²) in [6, 6.07) is 5.34. The minimum Gasteiger partial charge on any atom is -0.346 e. The number of aromatic amines is 2. The molecule has 9 nitrogen and oxygen atoms in total. The van der Waals surface area contributed by atoms with Gasteiger partial charge in [0.15, 0.2) is 0 Å². The molecular weight excluding hydrogens is 415 g/mol. The molecule has 10 heteroatoms. The van der Waals surface area contributed by atoms with Crippen molar-refractivity contribution in [3.05, 3.63) is 58.5 Å². The maximum atomic E-state index is 13.7. The summed E-state index contributed by atoms with van der Waals surface area (Å²) in [5.74, 6) is -1.26. The third-order valence-electron chi connectivity index (χ3n) is 5.83. The van der Waals surface area contributed by atoms with Crippen LogP contribution in [0.5, 0.6) is 0 Å². The van der Waals surface area contributed by atoms with Crippen molar-refractivity contribution in [1.82, 2.24) is 24.4 Å². The van der Waals surface area contributed by atoms with E-state index in [1.165, 1.54) is 19.1 Å². The van der Waals surface area contributed by atoms with E-state index in [9.17, 15) is 18.8 Å². The Labute approximate surface area is 181 Å².